The summed E-state index contributed by atoms with van der Waals surface area (Å²) in [7, 11) is 1.74. The molecule has 0 saturated heterocycles. The lowest BCUT2D eigenvalue weighted by Crippen LogP contribution is -2.28. The van der Waals surface area contributed by atoms with Crippen molar-refractivity contribution < 1.29 is 9.53 Å². The first-order chi connectivity index (χ1) is 10.7. The fraction of sp³-hybridized carbons (Fsp3) is 0.294. The molecule has 0 aliphatic rings. The third-order valence-corrected chi connectivity index (χ3v) is 3.40. The highest BCUT2D eigenvalue weighted by atomic mass is 16.6. The van der Waals surface area contributed by atoms with Gasteiger partial charge in [-0.1, -0.05) is 30.3 Å². The zero-order chi connectivity index (χ0) is 15.8. The Balaban J connectivity index is 1.71. The van der Waals surface area contributed by atoms with E-state index >= 15 is 0 Å². The normalized spacial score (nSPS) is 10.2. The van der Waals surface area contributed by atoms with Gasteiger partial charge >= 0.3 is 6.09 Å². The van der Waals surface area contributed by atoms with Crippen LogP contribution in [0.2, 0.25) is 0 Å². The van der Waals surface area contributed by atoms with Gasteiger partial charge in [-0.2, -0.15) is 0 Å². The Morgan fingerprint density at radius 2 is 2.05 bits per heavy atom. The van der Waals surface area contributed by atoms with Crippen molar-refractivity contribution in [1.82, 2.24) is 9.88 Å². The zero-order valence-corrected chi connectivity index (χ0v) is 12.7. The molecule has 22 heavy (non-hydrogen) atoms. The van der Waals surface area contributed by atoms with Crippen LogP contribution in [0.1, 0.15) is 17.5 Å². The maximum absolute atomic E-state index is 11.9. The molecule has 0 bridgehead atoms. The second kappa shape index (κ2) is 8.02. The Labute approximate surface area is 130 Å². The van der Waals surface area contributed by atoms with Crippen molar-refractivity contribution in [2.24, 2.45) is 0 Å². The smallest absolute Gasteiger partial charge is 0.409 e. The number of anilines is 1. The van der Waals surface area contributed by atoms with E-state index in [-0.39, 0.29) is 6.09 Å². The number of amides is 1. The number of nitrogens with two attached hydrogens (primary N) is 1. The topological polar surface area (TPSA) is 68.5 Å². The predicted octanol–water partition coefficient (Wildman–Crippen LogP) is 2.87. The molecule has 1 aromatic carbocycles. The molecule has 0 aliphatic carbocycles. The molecule has 0 fully saturated rings. The van der Waals surface area contributed by atoms with Gasteiger partial charge in [-0.25, -0.2) is 4.79 Å². The van der Waals surface area contributed by atoms with Crippen LogP contribution in [0.5, 0.6) is 0 Å². The minimum atomic E-state index is -0.317. The number of carbonyl (C=O) groups excluding carboxylic acids is 1. The molecule has 0 spiro atoms. The van der Waals surface area contributed by atoms with Crippen molar-refractivity contribution in [1.29, 1.82) is 0 Å². The number of hydrogen-bond donors (Lipinski definition) is 1. The minimum Gasteiger partial charge on any atom is -0.445 e. The van der Waals surface area contributed by atoms with Crippen LogP contribution in [-0.4, -0.2) is 29.6 Å². The zero-order valence-electron chi connectivity index (χ0n) is 12.7. The van der Waals surface area contributed by atoms with E-state index < -0.39 is 0 Å². The number of aryl methyl sites for hydroxylation is 1. The fourth-order valence-corrected chi connectivity index (χ4v) is 2.07. The molecule has 0 aliphatic heterocycles. The molecular formula is C17H21N3O2. The number of hydrogen-bond acceptors (Lipinski definition) is 4. The van der Waals surface area contributed by atoms with E-state index in [4.69, 9.17) is 10.5 Å². The highest BCUT2D eigenvalue weighted by molar-refractivity contribution is 5.67. The van der Waals surface area contributed by atoms with Gasteiger partial charge in [-0.05, 0) is 30.0 Å². The number of pyridine rings is 1. The largest absolute Gasteiger partial charge is 0.445 e. The molecule has 5 heteroatoms. The molecule has 2 aromatic rings. The van der Waals surface area contributed by atoms with Gasteiger partial charge in [0, 0.05) is 31.7 Å². The number of ether oxygens (including phenoxy) is 1. The van der Waals surface area contributed by atoms with Crippen LogP contribution in [0.3, 0.4) is 0 Å². The molecule has 116 valence electrons. The number of benzene rings is 1. The Bertz CT molecular complexity index is 602. The molecule has 0 unspecified atom stereocenters. The van der Waals surface area contributed by atoms with Gasteiger partial charge in [0.25, 0.3) is 0 Å². The Morgan fingerprint density at radius 3 is 2.77 bits per heavy atom. The second-order valence-corrected chi connectivity index (χ2v) is 5.14. The van der Waals surface area contributed by atoms with Crippen LogP contribution in [0.25, 0.3) is 0 Å². The average Bonchev–Trinajstić information content (AvgIpc) is 2.55. The minimum absolute atomic E-state index is 0.291. The quantitative estimate of drug-likeness (QED) is 0.890. The van der Waals surface area contributed by atoms with Gasteiger partial charge in [0.2, 0.25) is 0 Å². The first-order valence-corrected chi connectivity index (χ1v) is 7.27. The van der Waals surface area contributed by atoms with E-state index in [0.29, 0.717) is 13.2 Å². The molecular weight excluding hydrogens is 278 g/mol. The lowest BCUT2D eigenvalue weighted by Gasteiger charge is -2.17. The molecule has 0 saturated carbocycles. The van der Waals surface area contributed by atoms with Crippen molar-refractivity contribution in [3.05, 3.63) is 59.9 Å². The van der Waals surface area contributed by atoms with Gasteiger partial charge in [0.05, 0.1) is 0 Å². The SMILES string of the molecule is CN(CCCc1cnccc1N)C(=O)OCc1ccccc1. The molecule has 5 nitrogen and oxygen atoms in total. The highest BCUT2D eigenvalue weighted by Gasteiger charge is 2.10. The van der Waals surface area contributed by atoms with Crippen LogP contribution in [-0.2, 0) is 17.8 Å². The van der Waals surface area contributed by atoms with Crippen molar-refractivity contribution in [3.8, 4) is 0 Å². The van der Waals surface area contributed by atoms with Gasteiger partial charge in [0.1, 0.15) is 6.61 Å². The van der Waals surface area contributed by atoms with E-state index in [9.17, 15) is 4.79 Å². The first-order valence-electron chi connectivity index (χ1n) is 7.27. The van der Waals surface area contributed by atoms with Crippen LogP contribution >= 0.6 is 0 Å². The molecule has 0 radical (unpaired) electrons. The highest BCUT2D eigenvalue weighted by Crippen LogP contribution is 2.11. The lowest BCUT2D eigenvalue weighted by atomic mass is 10.1. The average molecular weight is 299 g/mol. The van der Waals surface area contributed by atoms with Crippen molar-refractivity contribution in [2.75, 3.05) is 19.3 Å². The summed E-state index contributed by atoms with van der Waals surface area (Å²) < 4.78 is 5.27. The van der Waals surface area contributed by atoms with Crippen LogP contribution in [0.15, 0.2) is 48.8 Å². The van der Waals surface area contributed by atoms with E-state index in [1.54, 1.807) is 30.4 Å². The van der Waals surface area contributed by atoms with E-state index in [1.165, 1.54) is 0 Å². The summed E-state index contributed by atoms with van der Waals surface area (Å²) in [5.41, 5.74) is 8.59. The van der Waals surface area contributed by atoms with Gasteiger partial charge in [-0.15, -0.1) is 0 Å². The number of rotatable bonds is 6. The van der Waals surface area contributed by atoms with Crippen LogP contribution in [0.4, 0.5) is 10.5 Å². The monoisotopic (exact) mass is 299 g/mol. The number of nitrogen functional groups attached to an aromatic ring is 1. The molecule has 2 N–H and O–H groups in total. The van der Waals surface area contributed by atoms with Crippen molar-refractivity contribution in [3.63, 3.8) is 0 Å². The molecule has 2 rings (SSSR count). The van der Waals surface area contributed by atoms with E-state index in [2.05, 4.69) is 4.98 Å². The third kappa shape index (κ3) is 4.77. The van der Waals surface area contributed by atoms with Crippen molar-refractivity contribution in [2.45, 2.75) is 19.4 Å². The lowest BCUT2D eigenvalue weighted by molar-refractivity contribution is 0.104. The Morgan fingerprint density at radius 1 is 1.27 bits per heavy atom. The summed E-state index contributed by atoms with van der Waals surface area (Å²) in [5.74, 6) is 0. The summed E-state index contributed by atoms with van der Waals surface area (Å²) in [6, 6.07) is 11.4. The molecule has 1 amide bonds. The number of nitrogens with zero attached hydrogens (tertiary/aromatic N) is 2. The molecule has 1 heterocycles. The second-order valence-electron chi connectivity index (χ2n) is 5.14. The van der Waals surface area contributed by atoms with Gasteiger partial charge in [-0.3, -0.25) is 4.98 Å². The maximum atomic E-state index is 11.9. The standard InChI is InChI=1S/C17H21N3O2/c1-20(11-5-8-15-12-19-10-9-16(15)18)17(21)22-13-14-6-3-2-4-7-14/h2-4,6-7,9-10,12H,5,8,11,13H2,1H3,(H2,18,19). The third-order valence-electron chi connectivity index (χ3n) is 3.40. The van der Waals surface area contributed by atoms with Crippen molar-refractivity contribution >= 4 is 11.8 Å². The Kier molecular flexibility index (Phi) is 5.77. The van der Waals surface area contributed by atoms with Crippen LogP contribution < -0.4 is 5.73 Å². The summed E-state index contributed by atoms with van der Waals surface area (Å²) in [5, 5.41) is 0. The summed E-state index contributed by atoms with van der Waals surface area (Å²) in [6.07, 6.45) is 4.72. The number of carbonyl (C=O) groups is 1. The first kappa shape index (κ1) is 15.8. The predicted molar refractivity (Wildman–Crippen MR) is 86.2 cm³/mol. The van der Waals surface area contributed by atoms with Crippen LogP contribution in [0, 0.1) is 0 Å². The van der Waals surface area contributed by atoms with Gasteiger partial charge < -0.3 is 15.4 Å². The number of aromatic nitrogens is 1. The summed E-state index contributed by atoms with van der Waals surface area (Å²) in [4.78, 5) is 17.5. The van der Waals surface area contributed by atoms with Gasteiger partial charge in [0.15, 0.2) is 0 Å². The fourth-order valence-electron chi connectivity index (χ4n) is 2.07. The summed E-state index contributed by atoms with van der Waals surface area (Å²) >= 11 is 0. The van der Waals surface area contributed by atoms with E-state index in [0.717, 1.165) is 29.7 Å². The molecule has 0 atom stereocenters. The van der Waals surface area contributed by atoms with E-state index in [1.807, 2.05) is 30.3 Å². The molecule has 1 aromatic heterocycles. The summed E-state index contributed by atoms with van der Waals surface area (Å²) in [6.45, 7) is 0.904. The Hall–Kier alpha value is -2.56. The maximum Gasteiger partial charge on any atom is 0.409 e.